The molecule has 2 fully saturated rings. The molecule has 0 amide bonds. The van der Waals surface area contributed by atoms with Crippen LogP contribution >= 0.6 is 0 Å². The van der Waals surface area contributed by atoms with Gasteiger partial charge in [-0.2, -0.15) is 13.2 Å². The summed E-state index contributed by atoms with van der Waals surface area (Å²) in [7, 11) is 0. The maximum absolute atomic E-state index is 12.5. The van der Waals surface area contributed by atoms with Crippen LogP contribution in [0.15, 0.2) is 41.3 Å². The van der Waals surface area contributed by atoms with E-state index in [4.69, 9.17) is 4.74 Å². The molecule has 128 valence electrons. The lowest BCUT2D eigenvalue weighted by atomic mass is 10.0. The Hall–Kier alpha value is -2.06. The Morgan fingerprint density at radius 1 is 1.21 bits per heavy atom. The summed E-state index contributed by atoms with van der Waals surface area (Å²) in [5.41, 5.74) is 1.85. The van der Waals surface area contributed by atoms with Gasteiger partial charge < -0.3 is 20.7 Å². The number of nitrogens with zero attached hydrogens (tertiary/aromatic N) is 1. The molecule has 3 aliphatic rings. The number of aliphatic imine (C=N–C) groups is 1. The predicted molar refractivity (Wildman–Crippen MR) is 83.6 cm³/mol. The van der Waals surface area contributed by atoms with E-state index in [-0.39, 0.29) is 6.10 Å². The van der Waals surface area contributed by atoms with Gasteiger partial charge in [-0.05, 0) is 24.1 Å². The molecule has 1 aromatic carbocycles. The first-order chi connectivity index (χ1) is 11.5. The van der Waals surface area contributed by atoms with Crippen molar-refractivity contribution < 1.29 is 17.9 Å². The Morgan fingerprint density at radius 3 is 2.54 bits per heavy atom. The van der Waals surface area contributed by atoms with Crippen LogP contribution in [0.25, 0.3) is 0 Å². The van der Waals surface area contributed by atoms with E-state index in [9.17, 15) is 13.2 Å². The lowest BCUT2D eigenvalue weighted by Crippen LogP contribution is -2.42. The molecule has 1 aromatic rings. The van der Waals surface area contributed by atoms with Gasteiger partial charge in [-0.15, -0.1) is 0 Å². The van der Waals surface area contributed by atoms with Crippen molar-refractivity contribution in [3.63, 3.8) is 0 Å². The third kappa shape index (κ3) is 2.99. The first-order valence-electron chi connectivity index (χ1n) is 7.82. The van der Waals surface area contributed by atoms with Gasteiger partial charge in [0.25, 0.3) is 0 Å². The van der Waals surface area contributed by atoms with E-state index in [0.717, 1.165) is 30.4 Å². The minimum absolute atomic E-state index is 0.0685. The Balaban J connectivity index is 1.38. The van der Waals surface area contributed by atoms with Crippen LogP contribution in [0.2, 0.25) is 0 Å². The third-order valence-corrected chi connectivity index (χ3v) is 4.46. The molecule has 0 radical (unpaired) electrons. The predicted octanol–water partition coefficient (Wildman–Crippen LogP) is 2.30. The molecular formula is C16H17F3N4O. The van der Waals surface area contributed by atoms with Crippen molar-refractivity contribution in [1.29, 1.82) is 0 Å². The van der Waals surface area contributed by atoms with Crippen molar-refractivity contribution in [3.8, 4) is 0 Å². The second kappa shape index (κ2) is 5.78. The normalized spacial score (nSPS) is 31.7. The molecule has 8 heteroatoms. The molecule has 0 saturated carbocycles. The largest absolute Gasteiger partial charge is 0.413 e. The molecule has 0 aromatic heterocycles. The molecule has 2 bridgehead atoms. The van der Waals surface area contributed by atoms with Crippen molar-refractivity contribution in [2.75, 3.05) is 11.9 Å². The van der Waals surface area contributed by atoms with Gasteiger partial charge in [0.05, 0.1) is 12.2 Å². The van der Waals surface area contributed by atoms with Crippen LogP contribution < -0.4 is 16.0 Å². The van der Waals surface area contributed by atoms with Crippen LogP contribution in [-0.4, -0.2) is 37.1 Å². The average Bonchev–Trinajstić information content (AvgIpc) is 3.18. The molecule has 3 aliphatic heterocycles. The summed E-state index contributed by atoms with van der Waals surface area (Å²) in [6, 6.07) is 6.30. The molecule has 4 atom stereocenters. The molecule has 1 unspecified atom stereocenters. The molecule has 3 N–H and O–H groups in total. The van der Waals surface area contributed by atoms with E-state index < -0.39 is 12.2 Å². The Bertz CT molecular complexity index is 671. The van der Waals surface area contributed by atoms with Crippen LogP contribution in [0.3, 0.4) is 0 Å². The van der Waals surface area contributed by atoms with Gasteiger partial charge in [0, 0.05) is 30.7 Å². The number of hydrogen-bond donors (Lipinski definition) is 3. The number of alkyl halides is 3. The Morgan fingerprint density at radius 2 is 2.00 bits per heavy atom. The zero-order valence-electron chi connectivity index (χ0n) is 12.7. The highest BCUT2D eigenvalue weighted by molar-refractivity contribution is 5.69. The van der Waals surface area contributed by atoms with Gasteiger partial charge in [-0.3, -0.25) is 0 Å². The topological polar surface area (TPSA) is 57.7 Å². The first kappa shape index (κ1) is 15.5. The van der Waals surface area contributed by atoms with Crippen LogP contribution in [0.4, 0.5) is 18.9 Å². The highest BCUT2D eigenvalue weighted by atomic mass is 19.4. The number of halogens is 3. The average molecular weight is 338 g/mol. The Labute approximate surface area is 137 Å². The van der Waals surface area contributed by atoms with Crippen LogP contribution in [0, 0.1) is 0 Å². The van der Waals surface area contributed by atoms with Crippen molar-refractivity contribution in [1.82, 2.24) is 10.6 Å². The Kier molecular flexibility index (Phi) is 3.73. The van der Waals surface area contributed by atoms with Crippen molar-refractivity contribution in [2.24, 2.45) is 4.99 Å². The fourth-order valence-corrected chi connectivity index (χ4v) is 3.24. The standard InChI is InChI=1S/C16H17F3N4O/c17-16(18,19)13-7-22-14(8-21-13)23-10-3-1-9(2-4-10)15-12-5-11(24-15)6-20-12/h1-4,7-8,11-13,15,20-21,23H,5-6H2/t11-,12-,13?,15+/m0/s1. The number of rotatable bonds is 3. The zero-order valence-corrected chi connectivity index (χ0v) is 12.7. The highest BCUT2D eigenvalue weighted by Gasteiger charge is 2.41. The van der Waals surface area contributed by atoms with E-state index in [0.29, 0.717) is 18.0 Å². The summed E-state index contributed by atoms with van der Waals surface area (Å²) in [5, 5.41) is 8.69. The van der Waals surface area contributed by atoms with Gasteiger partial charge in [0.2, 0.25) is 0 Å². The summed E-state index contributed by atoms with van der Waals surface area (Å²) in [6.07, 6.45) is -0.855. The van der Waals surface area contributed by atoms with Crippen LogP contribution in [0.1, 0.15) is 18.1 Å². The minimum Gasteiger partial charge on any atom is -0.373 e. The van der Waals surface area contributed by atoms with Gasteiger partial charge >= 0.3 is 6.18 Å². The maximum Gasteiger partial charge on any atom is 0.413 e. The summed E-state index contributed by atoms with van der Waals surface area (Å²) >= 11 is 0. The summed E-state index contributed by atoms with van der Waals surface area (Å²) in [5.74, 6) is 0.334. The highest BCUT2D eigenvalue weighted by Crippen LogP contribution is 2.37. The monoisotopic (exact) mass is 338 g/mol. The number of fused-ring (bicyclic) bond motifs is 2. The zero-order chi connectivity index (χ0) is 16.7. The number of benzene rings is 1. The van der Waals surface area contributed by atoms with Gasteiger partial charge in [0.1, 0.15) is 5.82 Å². The quantitative estimate of drug-likeness (QED) is 0.792. The fourth-order valence-electron chi connectivity index (χ4n) is 3.24. The molecule has 0 aliphatic carbocycles. The molecule has 3 heterocycles. The molecule has 5 nitrogen and oxygen atoms in total. The fraction of sp³-hybridized carbons (Fsp3) is 0.438. The number of ether oxygens (including phenoxy) is 1. The molecule has 0 spiro atoms. The van der Waals surface area contributed by atoms with E-state index in [1.807, 2.05) is 24.3 Å². The smallest absolute Gasteiger partial charge is 0.373 e. The lowest BCUT2D eigenvalue weighted by Gasteiger charge is -2.24. The maximum atomic E-state index is 12.5. The van der Waals surface area contributed by atoms with E-state index in [1.165, 1.54) is 6.20 Å². The summed E-state index contributed by atoms with van der Waals surface area (Å²) < 4.78 is 43.5. The minimum atomic E-state index is -4.35. The summed E-state index contributed by atoms with van der Waals surface area (Å²) in [4.78, 5) is 3.81. The van der Waals surface area contributed by atoms with Crippen molar-refractivity contribution in [3.05, 3.63) is 41.8 Å². The van der Waals surface area contributed by atoms with Crippen LogP contribution in [0.5, 0.6) is 0 Å². The van der Waals surface area contributed by atoms with E-state index in [1.54, 1.807) is 0 Å². The van der Waals surface area contributed by atoms with Crippen molar-refractivity contribution in [2.45, 2.75) is 36.9 Å². The molecular weight excluding hydrogens is 321 g/mol. The second-order valence-electron chi connectivity index (χ2n) is 6.17. The van der Waals surface area contributed by atoms with Crippen molar-refractivity contribution >= 4 is 11.9 Å². The number of hydrogen-bond acceptors (Lipinski definition) is 5. The third-order valence-electron chi connectivity index (χ3n) is 4.46. The van der Waals surface area contributed by atoms with E-state index >= 15 is 0 Å². The number of morpholine rings is 1. The van der Waals surface area contributed by atoms with Gasteiger partial charge in [-0.25, -0.2) is 4.99 Å². The van der Waals surface area contributed by atoms with Gasteiger partial charge in [-0.1, -0.05) is 12.1 Å². The van der Waals surface area contributed by atoms with E-state index in [2.05, 4.69) is 20.9 Å². The number of anilines is 1. The van der Waals surface area contributed by atoms with Crippen LogP contribution in [-0.2, 0) is 4.74 Å². The second-order valence-corrected chi connectivity index (χ2v) is 6.17. The summed E-state index contributed by atoms with van der Waals surface area (Å²) in [6.45, 7) is 0.916. The lowest BCUT2D eigenvalue weighted by molar-refractivity contribution is -0.136. The van der Waals surface area contributed by atoms with Gasteiger partial charge in [0.15, 0.2) is 6.04 Å². The number of nitrogens with one attached hydrogen (secondary N) is 3. The SMILES string of the molecule is FC(F)(F)C1C=NC(Nc2ccc([C@H]3O[C@@H]4CN[C@H]3C4)cc2)=CN1. The first-order valence-corrected chi connectivity index (χ1v) is 7.82. The molecule has 2 saturated heterocycles. The molecule has 24 heavy (non-hydrogen) atoms. The molecule has 4 rings (SSSR count).